The number of hydrogen-bond acceptors (Lipinski definition) is 5. The van der Waals surface area contributed by atoms with Crippen molar-refractivity contribution < 1.29 is 23.8 Å². The fraction of sp³-hybridized carbons (Fsp3) is 0.440. The molecule has 1 N–H and O–H groups in total. The standard InChI is InChI=1S/C25H34N2O5/c1-17-8-10-19(11-9-17)15-27(18(2)24(29)26-25(3,4)5)23(28)16-32-22-13-20(30-6)12-21(14-22)31-7/h8-14,18H,15-16H2,1-7H3,(H,26,29)/t18-/m1/s1. The molecule has 2 aromatic carbocycles. The number of hydrogen-bond donors (Lipinski definition) is 1. The van der Waals surface area contributed by atoms with E-state index in [9.17, 15) is 9.59 Å². The Labute approximate surface area is 190 Å². The van der Waals surface area contributed by atoms with Crippen LogP contribution in [0.15, 0.2) is 42.5 Å². The van der Waals surface area contributed by atoms with Crippen LogP contribution in [0.3, 0.4) is 0 Å². The summed E-state index contributed by atoms with van der Waals surface area (Å²) in [5.41, 5.74) is 1.65. The summed E-state index contributed by atoms with van der Waals surface area (Å²) < 4.78 is 16.2. The van der Waals surface area contributed by atoms with Crippen LogP contribution in [0.1, 0.15) is 38.8 Å². The normalized spacial score (nSPS) is 12.0. The minimum Gasteiger partial charge on any atom is -0.496 e. The van der Waals surface area contributed by atoms with Crippen LogP contribution in [0.5, 0.6) is 17.2 Å². The van der Waals surface area contributed by atoms with Crippen LogP contribution in [0.2, 0.25) is 0 Å². The minimum atomic E-state index is -0.675. The molecule has 7 nitrogen and oxygen atoms in total. The molecule has 2 aromatic rings. The summed E-state index contributed by atoms with van der Waals surface area (Å²) in [6, 6.07) is 12.3. The monoisotopic (exact) mass is 442 g/mol. The van der Waals surface area contributed by atoms with E-state index in [1.807, 2.05) is 52.0 Å². The van der Waals surface area contributed by atoms with E-state index in [-0.39, 0.29) is 18.4 Å². The second-order valence-electron chi connectivity index (χ2n) is 8.76. The molecule has 0 aromatic heterocycles. The molecule has 1 atom stereocenters. The predicted molar refractivity (Wildman–Crippen MR) is 124 cm³/mol. The molecule has 0 fully saturated rings. The first kappa shape index (κ1) is 25.0. The lowest BCUT2D eigenvalue weighted by Gasteiger charge is -2.31. The molecule has 2 amide bonds. The van der Waals surface area contributed by atoms with Crippen molar-refractivity contribution in [3.63, 3.8) is 0 Å². The number of rotatable bonds is 9. The first-order chi connectivity index (χ1) is 15.0. The van der Waals surface area contributed by atoms with Crippen molar-refractivity contribution in [2.45, 2.75) is 52.7 Å². The van der Waals surface area contributed by atoms with Crippen molar-refractivity contribution in [2.24, 2.45) is 0 Å². The SMILES string of the molecule is COc1cc(OC)cc(OCC(=O)N(Cc2ccc(C)cc2)[C@H](C)C(=O)NC(C)(C)C)c1. The number of ether oxygens (including phenoxy) is 3. The van der Waals surface area contributed by atoms with Crippen LogP contribution < -0.4 is 19.5 Å². The van der Waals surface area contributed by atoms with E-state index >= 15 is 0 Å². The molecule has 32 heavy (non-hydrogen) atoms. The van der Waals surface area contributed by atoms with Crippen molar-refractivity contribution in [3.05, 3.63) is 53.6 Å². The van der Waals surface area contributed by atoms with E-state index in [0.29, 0.717) is 23.8 Å². The maximum absolute atomic E-state index is 13.2. The fourth-order valence-electron chi connectivity index (χ4n) is 3.04. The highest BCUT2D eigenvalue weighted by Gasteiger charge is 2.28. The van der Waals surface area contributed by atoms with Gasteiger partial charge in [-0.15, -0.1) is 0 Å². The number of amides is 2. The first-order valence-electron chi connectivity index (χ1n) is 10.6. The van der Waals surface area contributed by atoms with Gasteiger partial charge < -0.3 is 24.4 Å². The molecular formula is C25H34N2O5. The lowest BCUT2D eigenvalue weighted by atomic mass is 10.1. The Morgan fingerprint density at radius 3 is 2.00 bits per heavy atom. The van der Waals surface area contributed by atoms with E-state index in [0.717, 1.165) is 11.1 Å². The summed E-state index contributed by atoms with van der Waals surface area (Å²) in [4.78, 5) is 27.5. The number of carbonyl (C=O) groups is 2. The Morgan fingerprint density at radius 2 is 1.50 bits per heavy atom. The van der Waals surface area contributed by atoms with Crippen molar-refractivity contribution in [1.82, 2.24) is 10.2 Å². The van der Waals surface area contributed by atoms with Gasteiger partial charge in [0.1, 0.15) is 23.3 Å². The average molecular weight is 443 g/mol. The Kier molecular flexibility index (Phi) is 8.52. The number of nitrogens with one attached hydrogen (secondary N) is 1. The largest absolute Gasteiger partial charge is 0.496 e. The molecule has 0 aliphatic carbocycles. The van der Waals surface area contributed by atoms with Crippen LogP contribution in [0, 0.1) is 6.92 Å². The van der Waals surface area contributed by atoms with Crippen LogP contribution in [-0.2, 0) is 16.1 Å². The number of carbonyl (C=O) groups excluding carboxylic acids is 2. The highest BCUT2D eigenvalue weighted by atomic mass is 16.5. The van der Waals surface area contributed by atoms with Gasteiger partial charge in [-0.1, -0.05) is 29.8 Å². The van der Waals surface area contributed by atoms with Crippen LogP contribution in [-0.4, -0.2) is 49.1 Å². The van der Waals surface area contributed by atoms with Gasteiger partial charge in [0.05, 0.1) is 14.2 Å². The van der Waals surface area contributed by atoms with Gasteiger partial charge in [-0.05, 0) is 40.2 Å². The highest BCUT2D eigenvalue weighted by molar-refractivity contribution is 5.88. The third-order valence-corrected chi connectivity index (χ3v) is 4.83. The van der Waals surface area contributed by atoms with E-state index in [2.05, 4.69) is 5.32 Å². The maximum Gasteiger partial charge on any atom is 0.261 e. The summed E-state index contributed by atoms with van der Waals surface area (Å²) in [5.74, 6) is 1.03. The average Bonchev–Trinajstić information content (AvgIpc) is 2.75. The molecule has 0 radical (unpaired) electrons. The van der Waals surface area contributed by atoms with Gasteiger partial charge in [-0.25, -0.2) is 0 Å². The molecule has 0 saturated heterocycles. The smallest absolute Gasteiger partial charge is 0.261 e. The summed E-state index contributed by atoms with van der Waals surface area (Å²) in [5, 5.41) is 2.95. The quantitative estimate of drug-likeness (QED) is 0.640. The van der Waals surface area contributed by atoms with E-state index in [4.69, 9.17) is 14.2 Å². The van der Waals surface area contributed by atoms with Crippen molar-refractivity contribution in [2.75, 3.05) is 20.8 Å². The fourth-order valence-corrected chi connectivity index (χ4v) is 3.04. The van der Waals surface area contributed by atoms with Gasteiger partial charge in [0.2, 0.25) is 5.91 Å². The van der Waals surface area contributed by atoms with E-state index in [1.54, 1.807) is 39.3 Å². The molecular weight excluding hydrogens is 408 g/mol. The lowest BCUT2D eigenvalue weighted by molar-refractivity contribution is -0.142. The lowest BCUT2D eigenvalue weighted by Crippen LogP contribution is -2.53. The second kappa shape index (κ2) is 10.9. The van der Waals surface area contributed by atoms with Crippen molar-refractivity contribution in [1.29, 1.82) is 0 Å². The third kappa shape index (κ3) is 7.48. The Hall–Kier alpha value is -3.22. The van der Waals surface area contributed by atoms with Gasteiger partial charge in [0, 0.05) is 30.3 Å². The summed E-state index contributed by atoms with van der Waals surface area (Å²) in [7, 11) is 3.09. The van der Waals surface area contributed by atoms with E-state index in [1.165, 1.54) is 4.90 Å². The predicted octanol–water partition coefficient (Wildman–Crippen LogP) is 3.72. The summed E-state index contributed by atoms with van der Waals surface area (Å²) in [6.07, 6.45) is 0. The maximum atomic E-state index is 13.2. The molecule has 0 heterocycles. The van der Waals surface area contributed by atoms with Gasteiger partial charge >= 0.3 is 0 Å². The number of benzene rings is 2. The molecule has 0 aliphatic heterocycles. The van der Waals surface area contributed by atoms with Crippen molar-refractivity contribution >= 4 is 11.8 Å². The third-order valence-electron chi connectivity index (χ3n) is 4.83. The Morgan fingerprint density at radius 1 is 0.969 bits per heavy atom. The van der Waals surface area contributed by atoms with Crippen LogP contribution >= 0.6 is 0 Å². The van der Waals surface area contributed by atoms with Crippen LogP contribution in [0.25, 0.3) is 0 Å². The van der Waals surface area contributed by atoms with Gasteiger partial charge in [0.15, 0.2) is 6.61 Å². The molecule has 0 bridgehead atoms. The Balaban J connectivity index is 2.20. The highest BCUT2D eigenvalue weighted by Crippen LogP contribution is 2.27. The molecule has 0 saturated carbocycles. The number of nitrogens with zero attached hydrogens (tertiary/aromatic N) is 1. The molecule has 174 valence electrons. The molecule has 7 heteroatoms. The minimum absolute atomic E-state index is 0.221. The number of methoxy groups -OCH3 is 2. The zero-order chi connectivity index (χ0) is 23.9. The van der Waals surface area contributed by atoms with Gasteiger partial charge in [-0.2, -0.15) is 0 Å². The summed E-state index contributed by atoms with van der Waals surface area (Å²) >= 11 is 0. The zero-order valence-corrected chi connectivity index (χ0v) is 20.0. The molecule has 2 rings (SSSR count). The topological polar surface area (TPSA) is 77.1 Å². The molecule has 0 spiro atoms. The zero-order valence-electron chi connectivity index (χ0n) is 20.0. The second-order valence-corrected chi connectivity index (χ2v) is 8.76. The number of aryl methyl sites for hydroxylation is 1. The molecule has 0 unspecified atom stereocenters. The summed E-state index contributed by atoms with van der Waals surface area (Å²) in [6.45, 7) is 9.51. The first-order valence-corrected chi connectivity index (χ1v) is 10.6. The van der Waals surface area contributed by atoms with E-state index < -0.39 is 11.6 Å². The van der Waals surface area contributed by atoms with Gasteiger partial charge in [-0.3, -0.25) is 9.59 Å². The van der Waals surface area contributed by atoms with Crippen molar-refractivity contribution in [3.8, 4) is 17.2 Å². The Bertz CT molecular complexity index is 897. The van der Waals surface area contributed by atoms with Crippen LogP contribution in [0.4, 0.5) is 0 Å². The van der Waals surface area contributed by atoms with Gasteiger partial charge in [0.25, 0.3) is 5.91 Å². The molecule has 0 aliphatic rings.